The molecule has 136 valence electrons. The maximum Gasteiger partial charge on any atom is 0.250 e. The van der Waals surface area contributed by atoms with Crippen LogP contribution in [-0.4, -0.2) is 11.0 Å². The summed E-state index contributed by atoms with van der Waals surface area (Å²) in [6, 6.07) is 16.6. The van der Waals surface area contributed by atoms with Gasteiger partial charge < -0.3 is 9.73 Å². The van der Waals surface area contributed by atoms with Gasteiger partial charge in [0, 0.05) is 22.3 Å². The van der Waals surface area contributed by atoms with E-state index in [4.69, 9.17) is 28.2 Å². The monoisotopic (exact) mass is 400 g/mol. The Hall–Kier alpha value is -2.96. The highest BCUT2D eigenvalue weighted by atomic mass is 35.5. The fourth-order valence-corrected chi connectivity index (χ4v) is 2.60. The Morgan fingerprint density at radius 3 is 2.63 bits per heavy atom. The molecule has 4 nitrogen and oxygen atoms in total. The number of hydrogen-bond donors (Lipinski definition) is 2. The quantitative estimate of drug-likeness (QED) is 0.463. The first kappa shape index (κ1) is 18.8. The molecule has 2 N–H and O–H groups in total. The summed E-state index contributed by atoms with van der Waals surface area (Å²) in [5, 5.41) is 5.92. The van der Waals surface area contributed by atoms with Crippen molar-refractivity contribution in [3.05, 3.63) is 83.3 Å². The molecular formula is C20H14ClFN2O2S. The van der Waals surface area contributed by atoms with Gasteiger partial charge in [0.2, 0.25) is 5.91 Å². The van der Waals surface area contributed by atoms with Crippen LogP contribution in [0, 0.1) is 5.82 Å². The van der Waals surface area contributed by atoms with E-state index in [0.717, 1.165) is 5.56 Å². The summed E-state index contributed by atoms with van der Waals surface area (Å²) in [6.07, 6.45) is 2.82. The largest absolute Gasteiger partial charge is 0.457 e. The van der Waals surface area contributed by atoms with E-state index >= 15 is 0 Å². The standard InChI is InChI=1S/C20H14ClFN2O2S/c21-14-6-4-13(5-7-14)18-10-8-17(26-18)9-11-19(25)24-20(27)23-16-3-1-2-15(22)12-16/h1-12H,(H2,23,24,25,27). The Labute approximate surface area is 165 Å². The van der Waals surface area contributed by atoms with Gasteiger partial charge in [0.05, 0.1) is 0 Å². The van der Waals surface area contributed by atoms with E-state index in [2.05, 4.69) is 10.6 Å². The second-order valence-electron chi connectivity index (χ2n) is 5.50. The minimum Gasteiger partial charge on any atom is -0.457 e. The number of thiocarbonyl (C=S) groups is 1. The molecule has 1 amide bonds. The smallest absolute Gasteiger partial charge is 0.250 e. The van der Waals surface area contributed by atoms with E-state index in [1.807, 2.05) is 12.1 Å². The van der Waals surface area contributed by atoms with Crippen LogP contribution in [0.15, 0.2) is 71.2 Å². The number of halogens is 2. The molecule has 0 fully saturated rings. The van der Waals surface area contributed by atoms with Gasteiger partial charge in [-0.1, -0.05) is 17.7 Å². The number of amides is 1. The Morgan fingerprint density at radius 1 is 1.11 bits per heavy atom. The first-order valence-electron chi connectivity index (χ1n) is 7.91. The average Bonchev–Trinajstić information content (AvgIpc) is 3.09. The SMILES string of the molecule is O=C(C=Cc1ccc(-c2ccc(Cl)cc2)o1)NC(=S)Nc1cccc(F)c1. The zero-order chi connectivity index (χ0) is 19.2. The number of anilines is 1. The molecule has 2 aromatic carbocycles. The Morgan fingerprint density at radius 2 is 1.89 bits per heavy atom. The van der Waals surface area contributed by atoms with Crippen molar-refractivity contribution in [1.82, 2.24) is 5.32 Å². The molecule has 0 aliphatic carbocycles. The Balaban J connectivity index is 1.57. The van der Waals surface area contributed by atoms with Gasteiger partial charge in [-0.2, -0.15) is 0 Å². The molecule has 0 aliphatic heterocycles. The zero-order valence-electron chi connectivity index (χ0n) is 13.9. The molecule has 0 unspecified atom stereocenters. The maximum atomic E-state index is 13.1. The van der Waals surface area contributed by atoms with Gasteiger partial charge >= 0.3 is 0 Å². The lowest BCUT2D eigenvalue weighted by atomic mass is 10.2. The third kappa shape index (κ3) is 5.51. The van der Waals surface area contributed by atoms with E-state index in [9.17, 15) is 9.18 Å². The van der Waals surface area contributed by atoms with Crippen LogP contribution >= 0.6 is 23.8 Å². The van der Waals surface area contributed by atoms with Crippen LogP contribution < -0.4 is 10.6 Å². The van der Waals surface area contributed by atoms with Gasteiger partial charge in [0.15, 0.2) is 5.11 Å². The summed E-state index contributed by atoms with van der Waals surface area (Å²) in [4.78, 5) is 11.9. The summed E-state index contributed by atoms with van der Waals surface area (Å²) in [5.74, 6) is 0.339. The lowest BCUT2D eigenvalue weighted by molar-refractivity contribution is -0.115. The topological polar surface area (TPSA) is 54.3 Å². The lowest BCUT2D eigenvalue weighted by Gasteiger charge is -2.07. The molecule has 27 heavy (non-hydrogen) atoms. The van der Waals surface area contributed by atoms with Crippen molar-refractivity contribution in [1.29, 1.82) is 0 Å². The molecule has 3 aromatic rings. The molecular weight excluding hydrogens is 387 g/mol. The summed E-state index contributed by atoms with van der Waals surface area (Å²) in [5.41, 5.74) is 1.33. The predicted octanol–water partition coefficient (Wildman–Crippen LogP) is 5.27. The molecule has 0 saturated heterocycles. The molecule has 0 aliphatic rings. The lowest BCUT2D eigenvalue weighted by Crippen LogP contribution is -2.32. The van der Waals surface area contributed by atoms with Crippen LogP contribution in [0.25, 0.3) is 17.4 Å². The minimum atomic E-state index is -0.437. The summed E-state index contributed by atoms with van der Waals surface area (Å²) >= 11 is 10.9. The van der Waals surface area contributed by atoms with Gasteiger partial charge in [-0.05, 0) is 72.9 Å². The molecule has 0 bridgehead atoms. The first-order chi connectivity index (χ1) is 13.0. The van der Waals surface area contributed by atoms with Crippen molar-refractivity contribution in [2.75, 3.05) is 5.32 Å². The number of carbonyl (C=O) groups excluding carboxylic acids is 1. The second kappa shape index (κ2) is 8.62. The van der Waals surface area contributed by atoms with Crippen molar-refractivity contribution < 1.29 is 13.6 Å². The fraction of sp³-hybridized carbons (Fsp3) is 0. The molecule has 1 heterocycles. The summed E-state index contributed by atoms with van der Waals surface area (Å²) in [7, 11) is 0. The van der Waals surface area contributed by atoms with Crippen LogP contribution in [-0.2, 0) is 4.79 Å². The van der Waals surface area contributed by atoms with Gasteiger partial charge in [0.25, 0.3) is 0 Å². The molecule has 3 rings (SSSR count). The number of hydrogen-bond acceptors (Lipinski definition) is 3. The highest BCUT2D eigenvalue weighted by Crippen LogP contribution is 2.24. The van der Waals surface area contributed by atoms with E-state index in [1.54, 1.807) is 30.3 Å². The Kier molecular flexibility index (Phi) is 6.01. The third-order valence-electron chi connectivity index (χ3n) is 3.47. The van der Waals surface area contributed by atoms with Crippen molar-refractivity contribution in [3.63, 3.8) is 0 Å². The first-order valence-corrected chi connectivity index (χ1v) is 8.69. The minimum absolute atomic E-state index is 0.0662. The van der Waals surface area contributed by atoms with E-state index in [-0.39, 0.29) is 5.11 Å². The van der Waals surface area contributed by atoms with Gasteiger partial charge in [-0.3, -0.25) is 10.1 Å². The van der Waals surface area contributed by atoms with E-state index in [1.165, 1.54) is 30.4 Å². The van der Waals surface area contributed by atoms with Crippen LogP contribution in [0.1, 0.15) is 5.76 Å². The van der Waals surface area contributed by atoms with Crippen molar-refractivity contribution >= 4 is 46.6 Å². The van der Waals surface area contributed by atoms with Gasteiger partial charge in [-0.15, -0.1) is 0 Å². The molecule has 1 aromatic heterocycles. The summed E-state index contributed by atoms with van der Waals surface area (Å²) < 4.78 is 18.8. The van der Waals surface area contributed by atoms with Crippen LogP contribution in [0.5, 0.6) is 0 Å². The number of rotatable bonds is 4. The average molecular weight is 401 g/mol. The number of furan rings is 1. The second-order valence-corrected chi connectivity index (χ2v) is 6.34. The normalized spacial score (nSPS) is 10.7. The maximum absolute atomic E-state index is 13.1. The number of carbonyl (C=O) groups is 1. The molecule has 0 atom stereocenters. The molecule has 7 heteroatoms. The van der Waals surface area contributed by atoms with Gasteiger partial charge in [0.1, 0.15) is 17.3 Å². The fourth-order valence-electron chi connectivity index (χ4n) is 2.25. The van der Waals surface area contributed by atoms with Gasteiger partial charge in [-0.25, -0.2) is 4.39 Å². The van der Waals surface area contributed by atoms with Crippen molar-refractivity contribution in [3.8, 4) is 11.3 Å². The van der Waals surface area contributed by atoms with Crippen molar-refractivity contribution in [2.24, 2.45) is 0 Å². The highest BCUT2D eigenvalue weighted by Gasteiger charge is 2.05. The molecule has 0 radical (unpaired) electrons. The van der Waals surface area contributed by atoms with Crippen LogP contribution in [0.4, 0.5) is 10.1 Å². The van der Waals surface area contributed by atoms with E-state index in [0.29, 0.717) is 22.2 Å². The van der Waals surface area contributed by atoms with Crippen LogP contribution in [0.3, 0.4) is 0 Å². The predicted molar refractivity (Wildman–Crippen MR) is 109 cm³/mol. The van der Waals surface area contributed by atoms with Crippen molar-refractivity contribution in [2.45, 2.75) is 0 Å². The molecule has 0 spiro atoms. The van der Waals surface area contributed by atoms with E-state index < -0.39 is 11.7 Å². The van der Waals surface area contributed by atoms with Crippen LogP contribution in [0.2, 0.25) is 5.02 Å². The zero-order valence-corrected chi connectivity index (χ0v) is 15.5. The number of benzene rings is 2. The summed E-state index contributed by atoms with van der Waals surface area (Å²) in [6.45, 7) is 0. The molecule has 0 saturated carbocycles. The number of nitrogens with one attached hydrogen (secondary N) is 2. The Bertz CT molecular complexity index is 999. The highest BCUT2D eigenvalue weighted by molar-refractivity contribution is 7.80. The third-order valence-corrected chi connectivity index (χ3v) is 3.93.